The van der Waals surface area contributed by atoms with Crippen LogP contribution in [0.15, 0.2) is 35.7 Å². The fourth-order valence-corrected chi connectivity index (χ4v) is 2.48. The average Bonchev–Trinajstić information content (AvgIpc) is 2.88. The number of rotatable bonds is 5. The molecular weight excluding hydrogens is 284 g/mol. The van der Waals surface area contributed by atoms with Crippen LogP contribution in [0.4, 0.5) is 8.78 Å². The third-order valence-corrected chi connectivity index (χ3v) is 3.42. The molecule has 2 aromatic rings. The maximum atomic E-state index is 13.6. The van der Waals surface area contributed by atoms with Gasteiger partial charge in [0.2, 0.25) is 0 Å². The molecule has 0 atom stereocenters. The molecule has 2 rings (SSSR count). The number of halogens is 2. The Bertz CT molecular complexity index is 584. The van der Waals surface area contributed by atoms with E-state index in [-0.39, 0.29) is 11.6 Å². The molecule has 106 valence electrons. The summed E-state index contributed by atoms with van der Waals surface area (Å²) in [6.45, 7) is 1.42. The first-order chi connectivity index (χ1) is 9.53. The number of esters is 1. The summed E-state index contributed by atoms with van der Waals surface area (Å²) in [5, 5.41) is 1.91. The van der Waals surface area contributed by atoms with Crippen molar-refractivity contribution < 1.29 is 18.3 Å². The maximum Gasteiger partial charge on any atom is 0.377 e. The maximum absolute atomic E-state index is 13.6. The molecule has 0 spiro atoms. The normalized spacial score (nSPS) is 11.3. The Morgan fingerprint density at radius 2 is 2.05 bits per heavy atom. The first kappa shape index (κ1) is 14.6. The van der Waals surface area contributed by atoms with Gasteiger partial charge in [-0.3, -0.25) is 0 Å². The van der Waals surface area contributed by atoms with Crippen molar-refractivity contribution in [2.24, 2.45) is 0 Å². The lowest BCUT2D eigenvalue weighted by Gasteiger charge is -2.12. The summed E-state index contributed by atoms with van der Waals surface area (Å²) >= 11 is 1.11. The molecule has 0 fully saturated rings. The van der Waals surface area contributed by atoms with Crippen LogP contribution in [0.2, 0.25) is 0 Å². The molecule has 3 nitrogen and oxygen atoms in total. The average molecular weight is 297 g/mol. The second kappa shape index (κ2) is 6.09. The van der Waals surface area contributed by atoms with Crippen LogP contribution in [-0.2, 0) is 16.0 Å². The molecule has 0 aliphatic carbocycles. The second-order valence-corrected chi connectivity index (χ2v) is 5.04. The number of carbonyl (C=O) groups excluding carboxylic acids is 1. The van der Waals surface area contributed by atoms with Crippen molar-refractivity contribution in [3.63, 3.8) is 0 Å². The number of thiazole rings is 1. The summed E-state index contributed by atoms with van der Waals surface area (Å²) in [5.74, 6) is -5.04. The van der Waals surface area contributed by atoms with Gasteiger partial charge < -0.3 is 4.74 Å². The molecule has 0 radical (unpaired) electrons. The van der Waals surface area contributed by atoms with Crippen molar-refractivity contribution in [1.29, 1.82) is 0 Å². The lowest BCUT2D eigenvalue weighted by Crippen LogP contribution is -2.33. The van der Waals surface area contributed by atoms with E-state index in [0.717, 1.165) is 16.9 Å². The summed E-state index contributed by atoms with van der Waals surface area (Å²) in [5.41, 5.74) is 1.49. The molecule has 20 heavy (non-hydrogen) atoms. The fraction of sp³-hybridized carbons (Fsp3) is 0.286. The lowest BCUT2D eigenvalue weighted by molar-refractivity contribution is -0.171. The third-order valence-electron chi connectivity index (χ3n) is 2.57. The number of benzene rings is 1. The minimum atomic E-state index is -3.54. The van der Waals surface area contributed by atoms with Gasteiger partial charge in [0.1, 0.15) is 0 Å². The van der Waals surface area contributed by atoms with E-state index in [2.05, 4.69) is 9.72 Å². The molecule has 0 aliphatic rings. The van der Waals surface area contributed by atoms with Crippen LogP contribution in [0.5, 0.6) is 0 Å². The monoisotopic (exact) mass is 297 g/mol. The highest BCUT2D eigenvalue weighted by atomic mass is 32.1. The lowest BCUT2D eigenvalue weighted by atomic mass is 10.2. The van der Waals surface area contributed by atoms with E-state index < -0.39 is 18.3 Å². The number of hydrogen-bond donors (Lipinski definition) is 0. The molecule has 1 heterocycles. The standard InChI is InChI=1S/C14H13F2NO2S/c1-2-19-13(18)14(15,16)8-12-17-11(9-20-12)10-6-4-3-5-7-10/h3-7,9H,2,8H2,1H3. The van der Waals surface area contributed by atoms with Crippen molar-refractivity contribution in [3.8, 4) is 11.3 Å². The van der Waals surface area contributed by atoms with Crippen LogP contribution in [-0.4, -0.2) is 23.5 Å². The zero-order valence-electron chi connectivity index (χ0n) is 10.8. The van der Waals surface area contributed by atoms with Gasteiger partial charge in [-0.2, -0.15) is 8.78 Å². The smallest absolute Gasteiger partial charge is 0.377 e. The van der Waals surface area contributed by atoms with Crippen LogP contribution in [0.25, 0.3) is 11.3 Å². The number of nitrogens with zero attached hydrogens (tertiary/aromatic N) is 1. The van der Waals surface area contributed by atoms with E-state index in [0.29, 0.717) is 5.69 Å². The molecule has 1 aromatic carbocycles. The Kier molecular flexibility index (Phi) is 4.44. The molecule has 0 aliphatic heterocycles. The summed E-state index contributed by atoms with van der Waals surface area (Å²) in [6, 6.07) is 9.26. The Labute approximate surface area is 119 Å². The summed E-state index contributed by atoms with van der Waals surface area (Å²) < 4.78 is 31.5. The van der Waals surface area contributed by atoms with E-state index in [4.69, 9.17) is 0 Å². The van der Waals surface area contributed by atoms with Crippen LogP contribution >= 0.6 is 11.3 Å². The SMILES string of the molecule is CCOC(=O)C(F)(F)Cc1nc(-c2ccccc2)cs1. The third kappa shape index (κ3) is 3.39. The first-order valence-corrected chi connectivity index (χ1v) is 6.96. The zero-order chi connectivity index (χ0) is 14.6. The largest absolute Gasteiger partial charge is 0.462 e. The molecule has 0 unspecified atom stereocenters. The fourth-order valence-electron chi connectivity index (χ4n) is 1.63. The van der Waals surface area contributed by atoms with Gasteiger partial charge in [0.15, 0.2) is 0 Å². The van der Waals surface area contributed by atoms with Crippen LogP contribution in [0.1, 0.15) is 11.9 Å². The van der Waals surface area contributed by atoms with E-state index >= 15 is 0 Å². The van der Waals surface area contributed by atoms with Crippen LogP contribution in [0, 0.1) is 0 Å². The van der Waals surface area contributed by atoms with Gasteiger partial charge in [0.05, 0.1) is 23.7 Å². The first-order valence-electron chi connectivity index (χ1n) is 6.08. The van der Waals surface area contributed by atoms with Crippen molar-refractivity contribution in [2.45, 2.75) is 19.3 Å². The van der Waals surface area contributed by atoms with Crippen LogP contribution in [0.3, 0.4) is 0 Å². The Hall–Kier alpha value is -1.82. The van der Waals surface area contributed by atoms with Gasteiger partial charge in [-0.25, -0.2) is 9.78 Å². The highest BCUT2D eigenvalue weighted by molar-refractivity contribution is 7.10. The molecular formula is C14H13F2NO2S. The van der Waals surface area contributed by atoms with Gasteiger partial charge >= 0.3 is 11.9 Å². The minimum Gasteiger partial charge on any atom is -0.462 e. The van der Waals surface area contributed by atoms with Crippen molar-refractivity contribution in [3.05, 3.63) is 40.7 Å². The number of alkyl halides is 2. The van der Waals surface area contributed by atoms with E-state index in [1.807, 2.05) is 30.3 Å². The summed E-state index contributed by atoms with van der Waals surface area (Å²) in [6.07, 6.45) is -0.733. The number of carbonyl (C=O) groups is 1. The molecule has 0 amide bonds. The zero-order valence-corrected chi connectivity index (χ0v) is 11.6. The van der Waals surface area contributed by atoms with Crippen molar-refractivity contribution in [1.82, 2.24) is 4.98 Å². The highest BCUT2D eigenvalue weighted by Crippen LogP contribution is 2.27. The second-order valence-electron chi connectivity index (χ2n) is 4.09. The predicted octanol–water partition coefficient (Wildman–Crippen LogP) is 3.55. The van der Waals surface area contributed by atoms with E-state index in [1.54, 1.807) is 5.38 Å². The number of aromatic nitrogens is 1. The Balaban J connectivity index is 2.12. The topological polar surface area (TPSA) is 39.2 Å². The van der Waals surface area contributed by atoms with Gasteiger partial charge in [-0.1, -0.05) is 30.3 Å². The van der Waals surface area contributed by atoms with Gasteiger partial charge in [-0.15, -0.1) is 11.3 Å². The minimum absolute atomic E-state index is 0.0679. The molecule has 0 N–H and O–H groups in total. The highest BCUT2D eigenvalue weighted by Gasteiger charge is 2.41. The molecule has 1 aromatic heterocycles. The van der Waals surface area contributed by atoms with Gasteiger partial charge in [0.25, 0.3) is 0 Å². The number of ether oxygens (including phenoxy) is 1. The summed E-state index contributed by atoms with van der Waals surface area (Å²) in [7, 11) is 0. The van der Waals surface area contributed by atoms with Crippen LogP contribution < -0.4 is 0 Å². The van der Waals surface area contributed by atoms with Crippen molar-refractivity contribution >= 4 is 17.3 Å². The number of hydrogen-bond acceptors (Lipinski definition) is 4. The Morgan fingerprint density at radius 1 is 1.35 bits per heavy atom. The molecule has 6 heteroatoms. The van der Waals surface area contributed by atoms with Crippen molar-refractivity contribution in [2.75, 3.05) is 6.61 Å². The molecule has 0 saturated heterocycles. The van der Waals surface area contributed by atoms with Gasteiger partial charge in [-0.05, 0) is 6.92 Å². The van der Waals surface area contributed by atoms with E-state index in [1.165, 1.54) is 6.92 Å². The van der Waals surface area contributed by atoms with E-state index in [9.17, 15) is 13.6 Å². The Morgan fingerprint density at radius 3 is 2.70 bits per heavy atom. The summed E-state index contributed by atoms with van der Waals surface area (Å²) in [4.78, 5) is 15.3. The van der Waals surface area contributed by atoms with Gasteiger partial charge in [0, 0.05) is 10.9 Å². The molecule has 0 saturated carbocycles. The molecule has 0 bridgehead atoms. The quantitative estimate of drug-likeness (QED) is 0.792. The predicted molar refractivity (Wildman–Crippen MR) is 72.8 cm³/mol.